The van der Waals surface area contributed by atoms with Gasteiger partial charge in [-0.05, 0) is 61.6 Å². The van der Waals surface area contributed by atoms with Gasteiger partial charge in [-0.25, -0.2) is 0 Å². The van der Waals surface area contributed by atoms with Gasteiger partial charge < -0.3 is 5.32 Å². The highest BCUT2D eigenvalue weighted by molar-refractivity contribution is 5.49. The van der Waals surface area contributed by atoms with Gasteiger partial charge in [0.15, 0.2) is 0 Å². The monoisotopic (exact) mass is 283 g/mol. The topological polar surface area (TPSA) is 12.0 Å². The van der Waals surface area contributed by atoms with E-state index in [9.17, 15) is 13.2 Å². The van der Waals surface area contributed by atoms with Gasteiger partial charge in [-0.2, -0.15) is 13.2 Å². The fraction of sp³-hybridized carbons (Fsp3) is 0.625. The van der Waals surface area contributed by atoms with Gasteiger partial charge in [-0.3, -0.25) is 0 Å². The second-order valence-corrected chi connectivity index (χ2v) is 6.34. The lowest BCUT2D eigenvalue weighted by molar-refractivity contribution is -0.138. The van der Waals surface area contributed by atoms with Crippen molar-refractivity contribution in [2.75, 3.05) is 11.9 Å². The van der Waals surface area contributed by atoms with Crippen LogP contribution in [0.3, 0.4) is 0 Å². The van der Waals surface area contributed by atoms with Crippen LogP contribution in [0.4, 0.5) is 18.9 Å². The predicted molar refractivity (Wildman–Crippen MR) is 73.6 cm³/mol. The Morgan fingerprint density at radius 2 is 2.00 bits per heavy atom. The Kier molecular flexibility index (Phi) is 3.43. The Labute approximate surface area is 117 Å². The molecule has 4 heteroatoms. The zero-order valence-electron chi connectivity index (χ0n) is 11.6. The molecule has 1 nitrogen and oxygen atoms in total. The summed E-state index contributed by atoms with van der Waals surface area (Å²) < 4.78 is 38.6. The van der Waals surface area contributed by atoms with Crippen LogP contribution in [0, 0.1) is 24.7 Å². The number of alkyl halides is 3. The number of halogens is 3. The smallest absolute Gasteiger partial charge is 0.385 e. The van der Waals surface area contributed by atoms with Gasteiger partial charge in [0.2, 0.25) is 0 Å². The second kappa shape index (κ2) is 4.97. The molecular formula is C16H20F3N. The lowest BCUT2D eigenvalue weighted by atomic mass is 9.89. The fourth-order valence-corrected chi connectivity index (χ4v) is 3.91. The maximum absolute atomic E-state index is 12.9. The van der Waals surface area contributed by atoms with Crippen LogP contribution in [-0.2, 0) is 6.18 Å². The van der Waals surface area contributed by atoms with Gasteiger partial charge in [0, 0.05) is 12.2 Å². The molecule has 0 aromatic heterocycles. The molecule has 3 atom stereocenters. The largest absolute Gasteiger partial charge is 0.416 e. The number of aryl methyl sites for hydroxylation is 1. The number of fused-ring (bicyclic) bond motifs is 2. The summed E-state index contributed by atoms with van der Waals surface area (Å²) in [4.78, 5) is 0. The van der Waals surface area contributed by atoms with E-state index in [1.165, 1.54) is 38.7 Å². The van der Waals surface area contributed by atoms with Crippen LogP contribution >= 0.6 is 0 Å². The van der Waals surface area contributed by atoms with Gasteiger partial charge in [0.05, 0.1) is 5.56 Å². The molecule has 0 amide bonds. The summed E-state index contributed by atoms with van der Waals surface area (Å²) in [5, 5.41) is 3.21. The van der Waals surface area contributed by atoms with E-state index >= 15 is 0 Å². The molecule has 1 N–H and O–H groups in total. The molecule has 0 saturated heterocycles. The minimum absolute atomic E-state index is 0.281. The summed E-state index contributed by atoms with van der Waals surface area (Å²) in [5.41, 5.74) is 0.337. The van der Waals surface area contributed by atoms with Gasteiger partial charge in [0.1, 0.15) is 0 Å². The average molecular weight is 283 g/mol. The molecule has 1 aromatic carbocycles. The zero-order valence-corrected chi connectivity index (χ0v) is 11.6. The Hall–Kier alpha value is -1.19. The van der Waals surface area contributed by atoms with E-state index in [-0.39, 0.29) is 5.56 Å². The number of rotatable bonds is 3. The van der Waals surface area contributed by atoms with Crippen molar-refractivity contribution in [3.05, 3.63) is 29.3 Å². The zero-order chi connectivity index (χ0) is 14.3. The molecule has 0 spiro atoms. The van der Waals surface area contributed by atoms with Crippen LogP contribution < -0.4 is 5.32 Å². The molecule has 0 radical (unpaired) electrons. The second-order valence-electron chi connectivity index (χ2n) is 6.34. The van der Waals surface area contributed by atoms with Crippen LogP contribution in [0.1, 0.15) is 36.8 Å². The van der Waals surface area contributed by atoms with Crippen LogP contribution in [-0.4, -0.2) is 6.54 Å². The van der Waals surface area contributed by atoms with Crippen molar-refractivity contribution >= 4 is 5.69 Å². The maximum atomic E-state index is 12.9. The Balaban J connectivity index is 1.66. The van der Waals surface area contributed by atoms with Crippen LogP contribution in [0.5, 0.6) is 0 Å². The van der Waals surface area contributed by atoms with Crippen molar-refractivity contribution < 1.29 is 13.2 Å². The highest BCUT2D eigenvalue weighted by Gasteiger charge is 2.39. The first-order valence-corrected chi connectivity index (χ1v) is 7.35. The molecule has 2 bridgehead atoms. The summed E-state index contributed by atoms with van der Waals surface area (Å²) in [6.07, 6.45) is 0.959. The molecule has 3 unspecified atom stereocenters. The van der Waals surface area contributed by atoms with Crippen LogP contribution in [0.15, 0.2) is 18.2 Å². The Morgan fingerprint density at radius 1 is 1.20 bits per heavy atom. The molecule has 0 heterocycles. The van der Waals surface area contributed by atoms with Gasteiger partial charge in [0.25, 0.3) is 0 Å². The highest BCUT2D eigenvalue weighted by atomic mass is 19.4. The van der Waals surface area contributed by atoms with E-state index in [1.54, 1.807) is 12.1 Å². The summed E-state index contributed by atoms with van der Waals surface area (Å²) in [6, 6.07) is 4.53. The van der Waals surface area contributed by atoms with Crippen LogP contribution in [0.2, 0.25) is 0 Å². The molecule has 110 valence electrons. The third kappa shape index (κ3) is 2.65. The fourth-order valence-electron chi connectivity index (χ4n) is 3.91. The van der Waals surface area contributed by atoms with Gasteiger partial charge in [-0.15, -0.1) is 0 Å². The van der Waals surface area contributed by atoms with E-state index in [1.807, 2.05) is 0 Å². The third-order valence-corrected chi connectivity index (χ3v) is 5.00. The molecule has 1 aromatic rings. The predicted octanol–water partition coefficient (Wildman–Crippen LogP) is 4.86. The van der Waals surface area contributed by atoms with Crippen molar-refractivity contribution in [1.82, 2.24) is 0 Å². The SMILES string of the molecule is Cc1ccc(NCC2CC3CCC2C3)cc1C(F)(F)F. The van der Waals surface area contributed by atoms with E-state index in [4.69, 9.17) is 0 Å². The normalized spacial score (nSPS) is 28.9. The summed E-state index contributed by atoms with van der Waals surface area (Å²) in [5.74, 6) is 2.31. The van der Waals surface area contributed by atoms with E-state index < -0.39 is 11.7 Å². The van der Waals surface area contributed by atoms with Crippen molar-refractivity contribution in [3.8, 4) is 0 Å². The number of anilines is 1. The first-order chi connectivity index (χ1) is 9.43. The lowest BCUT2D eigenvalue weighted by Crippen LogP contribution is -2.20. The summed E-state index contributed by atoms with van der Waals surface area (Å²) in [6.45, 7) is 2.31. The summed E-state index contributed by atoms with van der Waals surface area (Å²) in [7, 11) is 0. The van der Waals surface area contributed by atoms with E-state index in [0.717, 1.165) is 18.4 Å². The van der Waals surface area contributed by atoms with Gasteiger partial charge >= 0.3 is 6.18 Å². The van der Waals surface area contributed by atoms with Crippen LogP contribution in [0.25, 0.3) is 0 Å². The minimum Gasteiger partial charge on any atom is -0.385 e. The molecule has 3 rings (SSSR count). The quantitative estimate of drug-likeness (QED) is 0.835. The maximum Gasteiger partial charge on any atom is 0.416 e. The number of benzene rings is 1. The van der Waals surface area contributed by atoms with Crippen molar-refractivity contribution in [2.45, 2.75) is 38.8 Å². The Morgan fingerprint density at radius 3 is 2.60 bits per heavy atom. The number of hydrogen-bond acceptors (Lipinski definition) is 1. The standard InChI is InChI=1S/C16H20F3N/c1-10-2-5-14(8-15(10)16(17,18)19)20-9-13-7-11-3-4-12(13)6-11/h2,5,8,11-13,20H,3-4,6-7,9H2,1H3. The molecule has 2 fully saturated rings. The highest BCUT2D eigenvalue weighted by Crippen LogP contribution is 2.48. The van der Waals surface area contributed by atoms with Crippen molar-refractivity contribution in [1.29, 1.82) is 0 Å². The molecule has 20 heavy (non-hydrogen) atoms. The molecule has 0 aliphatic heterocycles. The average Bonchev–Trinajstić information content (AvgIpc) is 2.98. The van der Waals surface area contributed by atoms with E-state index in [2.05, 4.69) is 5.32 Å². The molecule has 2 aliphatic carbocycles. The molecular weight excluding hydrogens is 263 g/mol. The van der Waals surface area contributed by atoms with E-state index in [0.29, 0.717) is 11.6 Å². The third-order valence-electron chi connectivity index (χ3n) is 5.00. The lowest BCUT2D eigenvalue weighted by Gasteiger charge is -2.22. The van der Waals surface area contributed by atoms with Gasteiger partial charge in [-0.1, -0.05) is 12.5 Å². The minimum atomic E-state index is -4.27. The summed E-state index contributed by atoms with van der Waals surface area (Å²) >= 11 is 0. The number of nitrogens with one attached hydrogen (secondary N) is 1. The number of hydrogen-bond donors (Lipinski definition) is 1. The molecule has 2 saturated carbocycles. The first kappa shape index (κ1) is 13.8. The Bertz CT molecular complexity index is 495. The molecule has 2 aliphatic rings. The van der Waals surface area contributed by atoms with Crippen molar-refractivity contribution in [2.24, 2.45) is 17.8 Å². The first-order valence-electron chi connectivity index (χ1n) is 7.35. The van der Waals surface area contributed by atoms with Crippen molar-refractivity contribution in [3.63, 3.8) is 0 Å².